The maximum absolute atomic E-state index is 8.97. The van der Waals surface area contributed by atoms with E-state index in [4.69, 9.17) is 5.48 Å². The molecule has 0 unspecified atom stereocenters. The molecule has 0 aliphatic rings. The minimum atomic E-state index is -0.358. The Balaban J connectivity index is 1.88. The van der Waals surface area contributed by atoms with Crippen molar-refractivity contribution in [3.8, 4) is 27.9 Å². The number of hydrogen-bond donors (Lipinski definition) is 0. The monoisotopic (exact) mass is 469 g/mol. The molecule has 0 N–H and O–H groups in total. The summed E-state index contributed by atoms with van der Waals surface area (Å²) in [5, 5.41) is 2.21. The second kappa shape index (κ2) is 8.53. The smallest absolute Gasteiger partial charge is 0.0632 e. The number of benzene rings is 5. The highest BCUT2D eigenvalue weighted by Crippen LogP contribution is 2.46. The van der Waals surface area contributed by atoms with Gasteiger partial charge in [-0.05, 0) is 64.4 Å². The van der Waals surface area contributed by atoms with Gasteiger partial charge in [0.1, 0.15) is 0 Å². The van der Waals surface area contributed by atoms with Crippen LogP contribution in [0.1, 0.15) is 37.4 Å². The van der Waals surface area contributed by atoms with Gasteiger partial charge >= 0.3 is 0 Å². The zero-order valence-electron chi connectivity index (χ0n) is 25.1. The van der Waals surface area contributed by atoms with Crippen LogP contribution in [0.25, 0.3) is 49.7 Å². The molecule has 6 aromatic rings. The van der Waals surface area contributed by atoms with Gasteiger partial charge in [-0.15, -0.1) is 0 Å². The van der Waals surface area contributed by atoms with E-state index in [1.807, 2.05) is 30.3 Å². The van der Waals surface area contributed by atoms with Crippen molar-refractivity contribution in [2.24, 2.45) is 0 Å². The summed E-state index contributed by atoms with van der Waals surface area (Å²) in [6.07, 6.45) is 0. The lowest BCUT2D eigenvalue weighted by atomic mass is 9.78. The Labute approximate surface area is 219 Å². The van der Waals surface area contributed by atoms with Crippen LogP contribution in [-0.2, 0) is 5.41 Å². The molecule has 0 aliphatic heterocycles. The normalized spacial score (nSPS) is 13.4. The first kappa shape index (κ1) is 18.2. The van der Waals surface area contributed by atoms with Gasteiger partial charge in [-0.3, -0.25) is 0 Å². The van der Waals surface area contributed by atoms with E-state index in [-0.39, 0.29) is 29.6 Å². The molecule has 0 fully saturated rings. The van der Waals surface area contributed by atoms with Crippen molar-refractivity contribution in [1.29, 1.82) is 0 Å². The highest BCUT2D eigenvalue weighted by molar-refractivity contribution is 6.18. The van der Waals surface area contributed by atoms with Gasteiger partial charge in [0, 0.05) is 16.5 Å². The predicted molar refractivity (Wildman–Crippen MR) is 155 cm³/mol. The Morgan fingerprint density at radius 2 is 1.33 bits per heavy atom. The van der Waals surface area contributed by atoms with E-state index < -0.39 is 0 Å². The minimum Gasteiger partial charge on any atom is -0.309 e. The first-order valence-corrected chi connectivity index (χ1v) is 12.4. The van der Waals surface area contributed by atoms with E-state index in [0.29, 0.717) is 11.1 Å². The molecule has 5 aromatic carbocycles. The number of rotatable bonds is 3. The largest absolute Gasteiger partial charge is 0.309 e. The van der Waals surface area contributed by atoms with E-state index in [2.05, 4.69) is 86.0 Å². The summed E-state index contributed by atoms with van der Waals surface area (Å²) in [6, 6.07) is 31.2. The lowest BCUT2D eigenvalue weighted by Crippen LogP contribution is -2.13. The molecule has 36 heavy (non-hydrogen) atoms. The van der Waals surface area contributed by atoms with Crippen LogP contribution >= 0.6 is 0 Å². The van der Waals surface area contributed by atoms with Crippen molar-refractivity contribution in [2.45, 2.75) is 33.1 Å². The molecule has 6 rings (SSSR count). The molecule has 1 aromatic heterocycles. The predicted octanol–water partition coefficient (Wildman–Crippen LogP) is 9.72. The second-order valence-electron chi connectivity index (χ2n) is 10.4. The first-order valence-electron chi connectivity index (χ1n) is 14.4. The van der Waals surface area contributed by atoms with Crippen molar-refractivity contribution in [2.75, 3.05) is 0 Å². The van der Waals surface area contributed by atoms with Crippen LogP contribution in [0.2, 0.25) is 0 Å². The lowest BCUT2D eigenvalue weighted by Gasteiger charge is -2.25. The molecule has 0 amide bonds. The highest BCUT2D eigenvalue weighted by Gasteiger charge is 2.27. The summed E-state index contributed by atoms with van der Waals surface area (Å²) >= 11 is 0. The summed E-state index contributed by atoms with van der Waals surface area (Å²) in [5.41, 5.74) is 7.74. The quantitative estimate of drug-likeness (QED) is 0.243. The third kappa shape index (κ3) is 3.63. The number of hydrogen-bond acceptors (Lipinski definition) is 0. The van der Waals surface area contributed by atoms with Crippen molar-refractivity contribution >= 4 is 21.8 Å². The summed E-state index contributed by atoms with van der Waals surface area (Å²) in [6.45, 7) is 8.21. The fourth-order valence-electron chi connectivity index (χ4n) is 5.42. The van der Waals surface area contributed by atoms with Crippen molar-refractivity contribution in [1.82, 2.24) is 4.57 Å². The van der Waals surface area contributed by atoms with Crippen LogP contribution in [0.3, 0.4) is 0 Å². The van der Waals surface area contributed by atoms with Gasteiger partial charge in [-0.25, -0.2) is 0 Å². The van der Waals surface area contributed by atoms with Gasteiger partial charge in [0.05, 0.1) is 16.5 Å². The molecule has 0 saturated carbocycles. The molecule has 1 heterocycles. The molecule has 0 aliphatic carbocycles. The van der Waals surface area contributed by atoms with Crippen LogP contribution in [0.4, 0.5) is 0 Å². The van der Waals surface area contributed by atoms with E-state index in [1.165, 1.54) is 0 Å². The third-order valence-electron chi connectivity index (χ3n) is 6.83. The fourth-order valence-corrected chi connectivity index (χ4v) is 5.42. The van der Waals surface area contributed by atoms with Gasteiger partial charge in [-0.1, -0.05) is 117 Å². The molecule has 0 saturated heterocycles. The maximum atomic E-state index is 8.97. The number of aromatic nitrogens is 1. The van der Waals surface area contributed by atoms with Gasteiger partial charge in [-0.2, -0.15) is 0 Å². The Morgan fingerprint density at radius 3 is 2.06 bits per heavy atom. The zero-order valence-corrected chi connectivity index (χ0v) is 21.1. The van der Waals surface area contributed by atoms with Crippen molar-refractivity contribution in [3.63, 3.8) is 0 Å². The van der Waals surface area contributed by atoms with E-state index in [0.717, 1.165) is 49.7 Å². The topological polar surface area (TPSA) is 4.93 Å². The molecular formula is C35H31N. The van der Waals surface area contributed by atoms with Crippen LogP contribution in [-0.4, -0.2) is 4.57 Å². The Hall–Kier alpha value is -4.10. The molecular weight excluding hydrogens is 434 g/mol. The van der Waals surface area contributed by atoms with Crippen LogP contribution in [0.15, 0.2) is 115 Å². The van der Waals surface area contributed by atoms with Crippen LogP contribution in [0, 0.1) is 6.92 Å². The molecule has 176 valence electrons. The maximum Gasteiger partial charge on any atom is 0.0632 e. The standard InChI is InChI=1S/C35H31N/c1-24-13-11-16-26(23-24)29-21-22-31-33(34(29)35(2,3)4)32-28(25-14-7-5-8-15-25)19-12-20-30(32)36(31)27-17-9-6-10-18-27/h5-23H,1-4H3/i11D,13D,16D,23D. The molecule has 0 radical (unpaired) electrons. The van der Waals surface area contributed by atoms with E-state index in [1.54, 1.807) is 6.92 Å². The van der Waals surface area contributed by atoms with Gasteiger partial charge in [0.2, 0.25) is 0 Å². The van der Waals surface area contributed by atoms with E-state index in [9.17, 15) is 0 Å². The minimum absolute atomic E-state index is 0.0517. The molecule has 1 nitrogen and oxygen atoms in total. The Kier molecular flexibility index (Phi) is 4.32. The van der Waals surface area contributed by atoms with Gasteiger partial charge in [0.25, 0.3) is 0 Å². The van der Waals surface area contributed by atoms with Crippen LogP contribution < -0.4 is 0 Å². The number of para-hydroxylation sites is 1. The third-order valence-corrected chi connectivity index (χ3v) is 6.83. The highest BCUT2D eigenvalue weighted by atomic mass is 15.0. The Bertz CT molecular complexity index is 1880. The summed E-state index contributed by atoms with van der Waals surface area (Å²) in [5.74, 6) is 0. The lowest BCUT2D eigenvalue weighted by molar-refractivity contribution is 0.598. The van der Waals surface area contributed by atoms with Crippen LogP contribution in [0.5, 0.6) is 0 Å². The van der Waals surface area contributed by atoms with E-state index >= 15 is 0 Å². The van der Waals surface area contributed by atoms with Gasteiger partial charge < -0.3 is 4.57 Å². The fraction of sp³-hybridized carbons (Fsp3) is 0.143. The Morgan fingerprint density at radius 1 is 0.639 bits per heavy atom. The average molecular weight is 470 g/mol. The molecule has 0 spiro atoms. The first-order chi connectivity index (χ1) is 19.1. The SMILES string of the molecule is [2H]c1c([2H])c(C)c([2H])c(-c2ccc3c(c2C(C)(C)C)c2c(-c4ccccc4)cccc2n3-c2ccccc2)c1[2H]. The van der Waals surface area contributed by atoms with Crippen molar-refractivity contribution in [3.05, 3.63) is 126 Å². The summed E-state index contributed by atoms with van der Waals surface area (Å²) in [4.78, 5) is 0. The zero-order chi connectivity index (χ0) is 28.3. The second-order valence-corrected chi connectivity index (χ2v) is 10.4. The summed E-state index contributed by atoms with van der Waals surface area (Å²) in [7, 11) is 0. The molecule has 1 heteroatoms. The van der Waals surface area contributed by atoms with Crippen molar-refractivity contribution < 1.29 is 5.48 Å². The summed E-state index contributed by atoms with van der Waals surface area (Å²) < 4.78 is 36.9. The average Bonchev–Trinajstić information content (AvgIpc) is 3.29. The molecule has 0 bridgehead atoms. The number of nitrogens with zero attached hydrogens (tertiary/aromatic N) is 1. The van der Waals surface area contributed by atoms with Gasteiger partial charge in [0.15, 0.2) is 0 Å². The molecule has 0 atom stereocenters. The number of fused-ring (bicyclic) bond motifs is 3.